The summed E-state index contributed by atoms with van der Waals surface area (Å²) in [5.74, 6) is 0.982. The van der Waals surface area contributed by atoms with Crippen molar-refractivity contribution >= 4 is 27.7 Å². The first-order valence-electron chi connectivity index (χ1n) is 5.04. The lowest BCUT2D eigenvalue weighted by Crippen LogP contribution is -2.14. The Labute approximate surface area is 106 Å². The predicted molar refractivity (Wildman–Crippen MR) is 64.4 cm³/mol. The van der Waals surface area contributed by atoms with E-state index in [1.54, 1.807) is 23.9 Å². The van der Waals surface area contributed by atoms with Gasteiger partial charge in [-0.1, -0.05) is 5.16 Å². The van der Waals surface area contributed by atoms with E-state index >= 15 is 0 Å². The summed E-state index contributed by atoms with van der Waals surface area (Å²) in [6.45, 7) is 2.29. The fourth-order valence-corrected chi connectivity index (χ4v) is 1.64. The van der Waals surface area contributed by atoms with Crippen molar-refractivity contribution in [3.05, 3.63) is 28.7 Å². The third-order valence-corrected chi connectivity index (χ3v) is 2.47. The lowest BCUT2D eigenvalue weighted by molar-refractivity contribution is -0.116. The second-order valence-corrected chi connectivity index (χ2v) is 4.46. The van der Waals surface area contributed by atoms with Gasteiger partial charge in [0.05, 0.1) is 10.7 Å². The minimum Gasteiger partial charge on any atom is -0.360 e. The van der Waals surface area contributed by atoms with Crippen LogP contribution in [0.15, 0.2) is 27.5 Å². The van der Waals surface area contributed by atoms with E-state index in [1.165, 1.54) is 0 Å². The van der Waals surface area contributed by atoms with Gasteiger partial charge in [-0.15, -0.1) is 0 Å². The molecule has 2 rings (SSSR count). The van der Waals surface area contributed by atoms with Crippen LogP contribution in [0.3, 0.4) is 0 Å². The lowest BCUT2D eigenvalue weighted by atomic mass is 10.4. The van der Waals surface area contributed by atoms with Gasteiger partial charge in [0.1, 0.15) is 5.76 Å². The van der Waals surface area contributed by atoms with E-state index in [-0.39, 0.29) is 5.91 Å². The van der Waals surface area contributed by atoms with Crippen LogP contribution in [0.4, 0.5) is 5.82 Å². The largest absolute Gasteiger partial charge is 0.360 e. The number of aryl methyl sites for hydroxylation is 2. The summed E-state index contributed by atoms with van der Waals surface area (Å²) in [6.07, 6.45) is 3.83. The van der Waals surface area contributed by atoms with Crippen LogP contribution in [-0.4, -0.2) is 20.8 Å². The number of amides is 1. The number of hydrogen-bond donors (Lipinski definition) is 1. The van der Waals surface area contributed by atoms with Crippen LogP contribution in [0.1, 0.15) is 12.2 Å². The van der Waals surface area contributed by atoms with Crippen molar-refractivity contribution in [1.82, 2.24) is 14.9 Å². The molecule has 0 radical (unpaired) electrons. The van der Waals surface area contributed by atoms with Crippen LogP contribution >= 0.6 is 15.9 Å². The smallest absolute Gasteiger partial charge is 0.227 e. The summed E-state index contributed by atoms with van der Waals surface area (Å²) < 4.78 is 7.43. The van der Waals surface area contributed by atoms with Gasteiger partial charge in [0.25, 0.3) is 0 Å². The second-order valence-electron chi connectivity index (χ2n) is 3.54. The van der Waals surface area contributed by atoms with Gasteiger partial charge in [-0.2, -0.15) is 5.10 Å². The zero-order valence-corrected chi connectivity index (χ0v) is 10.8. The Morgan fingerprint density at radius 2 is 2.47 bits per heavy atom. The summed E-state index contributed by atoms with van der Waals surface area (Å²) in [4.78, 5) is 11.6. The number of nitrogens with one attached hydrogen (secondary N) is 1. The number of hydrogen-bond acceptors (Lipinski definition) is 4. The number of carbonyl (C=O) groups is 1. The van der Waals surface area contributed by atoms with Gasteiger partial charge in [0, 0.05) is 25.2 Å². The van der Waals surface area contributed by atoms with E-state index in [4.69, 9.17) is 4.52 Å². The first kappa shape index (κ1) is 11.8. The van der Waals surface area contributed by atoms with Crippen molar-refractivity contribution in [1.29, 1.82) is 0 Å². The maximum atomic E-state index is 11.6. The lowest BCUT2D eigenvalue weighted by Gasteiger charge is -2.01. The maximum Gasteiger partial charge on any atom is 0.227 e. The van der Waals surface area contributed by atoms with Gasteiger partial charge in [-0.3, -0.25) is 9.48 Å². The number of rotatable bonds is 4. The SMILES string of the molecule is Cc1cc(NC(=O)CCn2cc(Br)cn2)no1. The van der Waals surface area contributed by atoms with E-state index in [1.807, 2.05) is 6.20 Å². The van der Waals surface area contributed by atoms with Gasteiger partial charge in [0.2, 0.25) is 5.91 Å². The van der Waals surface area contributed by atoms with Crippen LogP contribution < -0.4 is 5.32 Å². The summed E-state index contributed by atoms with van der Waals surface area (Å²) in [7, 11) is 0. The number of anilines is 1. The fraction of sp³-hybridized carbons (Fsp3) is 0.300. The Hall–Kier alpha value is -1.63. The molecule has 0 bridgehead atoms. The molecule has 0 aromatic carbocycles. The van der Waals surface area contributed by atoms with Gasteiger partial charge in [0.15, 0.2) is 5.82 Å². The summed E-state index contributed by atoms with van der Waals surface area (Å²) in [5.41, 5.74) is 0. The van der Waals surface area contributed by atoms with Gasteiger partial charge in [-0.05, 0) is 22.9 Å². The van der Waals surface area contributed by atoms with Crippen molar-refractivity contribution in [3.63, 3.8) is 0 Å². The maximum absolute atomic E-state index is 11.6. The topological polar surface area (TPSA) is 73.0 Å². The number of carbonyl (C=O) groups excluding carboxylic acids is 1. The number of halogens is 1. The van der Waals surface area contributed by atoms with E-state index in [2.05, 4.69) is 31.5 Å². The first-order chi connectivity index (χ1) is 8.13. The Bertz CT molecular complexity index is 520. The minimum atomic E-state index is -0.120. The highest BCUT2D eigenvalue weighted by Crippen LogP contribution is 2.09. The molecule has 0 unspecified atom stereocenters. The average molecular weight is 299 g/mol. The van der Waals surface area contributed by atoms with Crippen LogP contribution in [0.25, 0.3) is 0 Å². The predicted octanol–water partition coefficient (Wildman–Crippen LogP) is 1.97. The van der Waals surface area contributed by atoms with Crippen LogP contribution in [0, 0.1) is 6.92 Å². The van der Waals surface area contributed by atoms with Crippen molar-refractivity contribution in [2.24, 2.45) is 0 Å². The highest BCUT2D eigenvalue weighted by Gasteiger charge is 2.06. The van der Waals surface area contributed by atoms with E-state index in [0.29, 0.717) is 24.5 Å². The Morgan fingerprint density at radius 3 is 3.06 bits per heavy atom. The molecule has 0 spiro atoms. The van der Waals surface area contributed by atoms with Crippen molar-refractivity contribution in [2.45, 2.75) is 19.9 Å². The van der Waals surface area contributed by atoms with Gasteiger partial charge >= 0.3 is 0 Å². The molecule has 0 saturated heterocycles. The molecular weight excluding hydrogens is 288 g/mol. The molecule has 1 N–H and O–H groups in total. The molecule has 2 aromatic heterocycles. The Kier molecular flexibility index (Phi) is 3.58. The molecule has 0 aliphatic carbocycles. The molecule has 0 fully saturated rings. The molecule has 6 nitrogen and oxygen atoms in total. The molecule has 1 amide bonds. The average Bonchev–Trinajstić information content (AvgIpc) is 2.85. The molecule has 0 aliphatic heterocycles. The number of aromatic nitrogens is 3. The molecule has 7 heteroatoms. The molecule has 2 heterocycles. The summed E-state index contributed by atoms with van der Waals surface area (Å²) >= 11 is 3.29. The van der Waals surface area contributed by atoms with Crippen LogP contribution in [0.2, 0.25) is 0 Å². The van der Waals surface area contributed by atoms with Gasteiger partial charge < -0.3 is 9.84 Å². The van der Waals surface area contributed by atoms with Crippen molar-refractivity contribution in [2.75, 3.05) is 5.32 Å². The normalized spacial score (nSPS) is 10.5. The minimum absolute atomic E-state index is 0.120. The molecule has 2 aromatic rings. The molecule has 17 heavy (non-hydrogen) atoms. The molecule has 0 aliphatic rings. The quantitative estimate of drug-likeness (QED) is 0.936. The van der Waals surface area contributed by atoms with E-state index in [0.717, 1.165) is 4.47 Å². The summed E-state index contributed by atoms with van der Waals surface area (Å²) in [6, 6.07) is 1.67. The van der Waals surface area contributed by atoms with E-state index < -0.39 is 0 Å². The monoisotopic (exact) mass is 298 g/mol. The molecule has 0 saturated carbocycles. The Balaban J connectivity index is 1.82. The Morgan fingerprint density at radius 1 is 1.65 bits per heavy atom. The third kappa shape index (κ3) is 3.42. The molecule has 90 valence electrons. The van der Waals surface area contributed by atoms with Crippen molar-refractivity contribution < 1.29 is 9.32 Å². The zero-order chi connectivity index (χ0) is 12.3. The second kappa shape index (κ2) is 5.13. The summed E-state index contributed by atoms with van der Waals surface area (Å²) in [5, 5.41) is 10.4. The van der Waals surface area contributed by atoms with E-state index in [9.17, 15) is 4.79 Å². The highest BCUT2D eigenvalue weighted by molar-refractivity contribution is 9.10. The molecule has 0 atom stereocenters. The standard InChI is InChI=1S/C10H11BrN4O2/c1-7-4-9(14-17-7)13-10(16)2-3-15-6-8(11)5-12-15/h4-6H,2-3H2,1H3,(H,13,14,16). The molecular formula is C10H11BrN4O2. The number of nitrogens with zero attached hydrogens (tertiary/aromatic N) is 3. The zero-order valence-electron chi connectivity index (χ0n) is 9.18. The first-order valence-corrected chi connectivity index (χ1v) is 5.84. The van der Waals surface area contributed by atoms with Gasteiger partial charge in [-0.25, -0.2) is 0 Å². The fourth-order valence-electron chi connectivity index (χ4n) is 1.31. The highest BCUT2D eigenvalue weighted by atomic mass is 79.9. The van der Waals surface area contributed by atoms with Crippen LogP contribution in [0.5, 0.6) is 0 Å². The van der Waals surface area contributed by atoms with Crippen molar-refractivity contribution in [3.8, 4) is 0 Å². The van der Waals surface area contributed by atoms with Crippen LogP contribution in [-0.2, 0) is 11.3 Å². The third-order valence-electron chi connectivity index (χ3n) is 2.07.